The first-order valence-corrected chi connectivity index (χ1v) is 8.63. The maximum atomic E-state index is 12.2. The fourth-order valence-corrected chi connectivity index (χ4v) is 3.02. The molecule has 0 aliphatic carbocycles. The Bertz CT molecular complexity index is 892. The third kappa shape index (κ3) is 4.07. The summed E-state index contributed by atoms with van der Waals surface area (Å²) in [4.78, 5) is 16.8. The predicted molar refractivity (Wildman–Crippen MR) is 97.5 cm³/mol. The number of carbonyl (C=O) groups excluding carboxylic acids is 1. The van der Waals surface area contributed by atoms with Crippen LogP contribution in [0.15, 0.2) is 30.6 Å². The summed E-state index contributed by atoms with van der Waals surface area (Å²) >= 11 is 0. The van der Waals surface area contributed by atoms with E-state index < -0.39 is 0 Å². The van der Waals surface area contributed by atoms with E-state index in [0.29, 0.717) is 18.9 Å². The largest absolute Gasteiger partial charge is 0.355 e. The van der Waals surface area contributed by atoms with E-state index in [-0.39, 0.29) is 5.91 Å². The van der Waals surface area contributed by atoms with Gasteiger partial charge in [0.15, 0.2) is 0 Å². The molecular weight excluding hydrogens is 314 g/mol. The molecule has 3 rings (SSSR count). The lowest BCUT2D eigenvalue weighted by Gasteiger charge is -2.13. The summed E-state index contributed by atoms with van der Waals surface area (Å²) in [6, 6.07) is 6.07. The molecule has 0 aliphatic heterocycles. The van der Waals surface area contributed by atoms with E-state index in [1.54, 1.807) is 0 Å². The summed E-state index contributed by atoms with van der Waals surface area (Å²) in [5.74, 6) is 0.312. The smallest absolute Gasteiger partial charge is 0.226 e. The molecule has 0 saturated heterocycles. The molecule has 0 aliphatic rings. The molecule has 1 unspecified atom stereocenters. The van der Waals surface area contributed by atoms with E-state index in [1.165, 1.54) is 0 Å². The van der Waals surface area contributed by atoms with Gasteiger partial charge in [0.05, 0.1) is 17.8 Å². The number of fused-ring (bicyclic) bond motifs is 1. The molecule has 132 valence electrons. The summed E-state index contributed by atoms with van der Waals surface area (Å²) in [6.45, 7) is 9.61. The Morgan fingerprint density at radius 1 is 1.32 bits per heavy atom. The van der Waals surface area contributed by atoms with Crippen LogP contribution in [0.5, 0.6) is 0 Å². The Kier molecular flexibility index (Phi) is 4.88. The fourth-order valence-electron chi connectivity index (χ4n) is 3.02. The number of hydrogen-bond acceptors (Lipinski definition) is 3. The Morgan fingerprint density at radius 2 is 2.12 bits per heavy atom. The number of imidazole rings is 1. The van der Waals surface area contributed by atoms with Crippen LogP contribution in [0.4, 0.5) is 0 Å². The second-order valence-electron chi connectivity index (χ2n) is 6.85. The minimum Gasteiger partial charge on any atom is -0.355 e. The van der Waals surface area contributed by atoms with E-state index >= 15 is 0 Å². The van der Waals surface area contributed by atoms with Crippen molar-refractivity contribution >= 4 is 11.6 Å². The molecule has 0 bridgehead atoms. The number of amides is 1. The Morgan fingerprint density at radius 3 is 2.80 bits per heavy atom. The van der Waals surface area contributed by atoms with Gasteiger partial charge < -0.3 is 9.72 Å². The highest BCUT2D eigenvalue weighted by atomic mass is 16.1. The first-order chi connectivity index (χ1) is 11.9. The lowest BCUT2D eigenvalue weighted by Crippen LogP contribution is -2.31. The monoisotopic (exact) mass is 339 g/mol. The van der Waals surface area contributed by atoms with Crippen molar-refractivity contribution < 1.29 is 4.79 Å². The van der Waals surface area contributed by atoms with Crippen molar-refractivity contribution in [1.82, 2.24) is 24.5 Å². The number of rotatable bonds is 6. The minimum atomic E-state index is 0.00118. The van der Waals surface area contributed by atoms with Crippen LogP contribution in [0.25, 0.3) is 5.65 Å². The van der Waals surface area contributed by atoms with Gasteiger partial charge in [-0.15, -0.1) is 0 Å². The van der Waals surface area contributed by atoms with E-state index in [1.807, 2.05) is 47.5 Å². The van der Waals surface area contributed by atoms with Crippen LogP contribution in [0.3, 0.4) is 0 Å². The van der Waals surface area contributed by atoms with Crippen molar-refractivity contribution in [2.75, 3.05) is 6.54 Å². The molecule has 0 fully saturated rings. The number of hydrogen-bond donors (Lipinski definition) is 1. The Hall–Kier alpha value is -2.63. The predicted octanol–water partition coefficient (Wildman–Crippen LogP) is 2.45. The Balaban J connectivity index is 1.53. The molecule has 3 aromatic heterocycles. The third-order valence-corrected chi connectivity index (χ3v) is 4.31. The zero-order chi connectivity index (χ0) is 18.0. The van der Waals surface area contributed by atoms with Gasteiger partial charge in [0.1, 0.15) is 5.65 Å². The van der Waals surface area contributed by atoms with Gasteiger partial charge >= 0.3 is 0 Å². The molecule has 0 radical (unpaired) electrons. The van der Waals surface area contributed by atoms with Gasteiger partial charge in [-0.3, -0.25) is 9.48 Å². The summed E-state index contributed by atoms with van der Waals surface area (Å²) in [6.07, 6.45) is 4.17. The zero-order valence-electron chi connectivity index (χ0n) is 15.3. The molecule has 6 nitrogen and oxygen atoms in total. The topological polar surface area (TPSA) is 64.2 Å². The van der Waals surface area contributed by atoms with Gasteiger partial charge in [0, 0.05) is 31.2 Å². The molecular formula is C19H25N5O. The quantitative estimate of drug-likeness (QED) is 0.750. The average molecular weight is 339 g/mol. The number of nitrogens with one attached hydrogen (secondary N) is 1. The van der Waals surface area contributed by atoms with Crippen LogP contribution in [0, 0.1) is 26.7 Å². The third-order valence-electron chi connectivity index (χ3n) is 4.31. The first kappa shape index (κ1) is 17.2. The SMILES string of the molecule is Cc1cc(C)n(CC(C)CNC(=O)Cc2cn3cccc(C)c3n2)n1. The second-order valence-corrected chi connectivity index (χ2v) is 6.85. The number of carbonyl (C=O) groups is 1. The average Bonchev–Trinajstić information content (AvgIpc) is 3.09. The van der Waals surface area contributed by atoms with Crippen LogP contribution in [0.2, 0.25) is 0 Å². The molecule has 1 amide bonds. The molecule has 25 heavy (non-hydrogen) atoms. The first-order valence-electron chi connectivity index (χ1n) is 8.63. The van der Waals surface area contributed by atoms with Crippen LogP contribution in [0.1, 0.15) is 29.6 Å². The van der Waals surface area contributed by atoms with Crippen LogP contribution in [-0.4, -0.2) is 31.6 Å². The van der Waals surface area contributed by atoms with Crippen molar-refractivity contribution in [2.45, 2.75) is 40.7 Å². The van der Waals surface area contributed by atoms with E-state index in [2.05, 4.69) is 35.3 Å². The highest BCUT2D eigenvalue weighted by molar-refractivity contribution is 5.78. The zero-order valence-corrected chi connectivity index (χ0v) is 15.3. The number of aryl methyl sites for hydroxylation is 3. The second kappa shape index (κ2) is 7.09. The molecule has 3 aromatic rings. The minimum absolute atomic E-state index is 0.00118. The highest BCUT2D eigenvalue weighted by Crippen LogP contribution is 2.10. The maximum Gasteiger partial charge on any atom is 0.226 e. The number of aromatic nitrogens is 4. The Labute approximate surface area is 147 Å². The summed E-state index contributed by atoms with van der Waals surface area (Å²) in [5.41, 5.74) is 4.97. The standard InChI is InChI=1S/C19H25N5O/c1-13(11-24-16(4)8-15(3)22-24)10-20-18(25)9-17-12-23-7-5-6-14(2)19(23)21-17/h5-8,12-13H,9-11H2,1-4H3,(H,20,25). The van der Waals surface area contributed by atoms with Crippen LogP contribution < -0.4 is 5.32 Å². The molecule has 3 heterocycles. The van der Waals surface area contributed by atoms with Crippen molar-refractivity contribution in [1.29, 1.82) is 0 Å². The molecule has 1 N–H and O–H groups in total. The van der Waals surface area contributed by atoms with Crippen molar-refractivity contribution in [3.8, 4) is 0 Å². The number of pyridine rings is 1. The van der Waals surface area contributed by atoms with Crippen molar-refractivity contribution in [3.05, 3.63) is 53.2 Å². The lowest BCUT2D eigenvalue weighted by molar-refractivity contribution is -0.120. The van der Waals surface area contributed by atoms with E-state index in [0.717, 1.165) is 34.8 Å². The molecule has 0 spiro atoms. The normalized spacial score (nSPS) is 12.5. The van der Waals surface area contributed by atoms with Crippen LogP contribution in [-0.2, 0) is 17.8 Å². The fraction of sp³-hybridized carbons (Fsp3) is 0.421. The highest BCUT2D eigenvalue weighted by Gasteiger charge is 2.11. The van der Waals surface area contributed by atoms with Crippen molar-refractivity contribution in [3.63, 3.8) is 0 Å². The number of nitrogens with zero attached hydrogens (tertiary/aromatic N) is 4. The van der Waals surface area contributed by atoms with E-state index in [9.17, 15) is 4.79 Å². The van der Waals surface area contributed by atoms with Gasteiger partial charge in [-0.25, -0.2) is 4.98 Å². The van der Waals surface area contributed by atoms with Crippen molar-refractivity contribution in [2.24, 2.45) is 5.92 Å². The van der Waals surface area contributed by atoms with Gasteiger partial charge in [-0.05, 0) is 44.4 Å². The summed E-state index contributed by atoms with van der Waals surface area (Å²) in [7, 11) is 0. The van der Waals surface area contributed by atoms with Gasteiger partial charge in [-0.1, -0.05) is 13.0 Å². The van der Waals surface area contributed by atoms with Gasteiger partial charge in [-0.2, -0.15) is 5.10 Å². The van der Waals surface area contributed by atoms with Crippen LogP contribution >= 0.6 is 0 Å². The molecule has 0 saturated carbocycles. The maximum absolute atomic E-state index is 12.2. The molecule has 6 heteroatoms. The van der Waals surface area contributed by atoms with Gasteiger partial charge in [0.2, 0.25) is 5.91 Å². The van der Waals surface area contributed by atoms with E-state index in [4.69, 9.17) is 0 Å². The summed E-state index contributed by atoms with van der Waals surface area (Å²) in [5, 5.41) is 7.48. The molecule has 1 atom stereocenters. The lowest BCUT2D eigenvalue weighted by atomic mass is 10.1. The summed E-state index contributed by atoms with van der Waals surface area (Å²) < 4.78 is 3.96. The van der Waals surface area contributed by atoms with Gasteiger partial charge in [0.25, 0.3) is 0 Å². The molecule has 0 aromatic carbocycles.